The van der Waals surface area contributed by atoms with Gasteiger partial charge in [-0.25, -0.2) is 14.0 Å². The molecule has 2 heterocycles. The number of para-hydroxylation sites is 1. The molecule has 1 aromatic heterocycles. The van der Waals surface area contributed by atoms with Gasteiger partial charge in [-0.2, -0.15) is 13.2 Å². The Labute approximate surface area is 202 Å². The van der Waals surface area contributed by atoms with E-state index < -0.39 is 30.3 Å². The number of hydrogen-bond acceptors (Lipinski definition) is 7. The number of rotatable bonds is 5. The zero-order chi connectivity index (χ0) is 26.2. The van der Waals surface area contributed by atoms with Crippen LogP contribution in [0.1, 0.15) is 40.9 Å². The molecule has 3 aromatic rings. The molecule has 1 saturated heterocycles. The lowest BCUT2D eigenvalue weighted by atomic mass is 10.0. The summed E-state index contributed by atoms with van der Waals surface area (Å²) in [5.41, 5.74) is 1.07. The van der Waals surface area contributed by atoms with Gasteiger partial charge in [-0.3, -0.25) is 4.79 Å². The highest BCUT2D eigenvalue weighted by Gasteiger charge is 2.42. The third-order valence-corrected chi connectivity index (χ3v) is 5.83. The van der Waals surface area contributed by atoms with Gasteiger partial charge in [0.25, 0.3) is 0 Å². The van der Waals surface area contributed by atoms with E-state index in [1.54, 1.807) is 36.9 Å². The molecule has 36 heavy (non-hydrogen) atoms. The number of aryl methyl sites for hydroxylation is 1. The summed E-state index contributed by atoms with van der Waals surface area (Å²) in [7, 11) is 0. The van der Waals surface area contributed by atoms with Crippen LogP contribution in [-0.2, 0) is 9.53 Å². The topological polar surface area (TPSA) is 88.8 Å². The molecular formula is C25H22F4N2O5. The van der Waals surface area contributed by atoms with Crippen LogP contribution in [0.25, 0.3) is 11.0 Å². The number of halogens is 4. The van der Waals surface area contributed by atoms with E-state index in [9.17, 15) is 31.9 Å². The summed E-state index contributed by atoms with van der Waals surface area (Å²) in [6.45, 7) is 3.99. The highest BCUT2D eigenvalue weighted by molar-refractivity contribution is 6.02. The molecule has 0 radical (unpaired) electrons. The number of alkyl halides is 4. The fourth-order valence-corrected chi connectivity index (χ4v) is 4.11. The number of esters is 2. The lowest BCUT2D eigenvalue weighted by molar-refractivity contribution is -0.193. The molecule has 0 spiro atoms. The molecule has 0 saturated carbocycles. The smallest absolute Gasteiger partial charge is 0.440 e. The molecule has 0 bridgehead atoms. The molecule has 11 heteroatoms. The third kappa shape index (κ3) is 5.19. The van der Waals surface area contributed by atoms with Gasteiger partial charge in [-0.15, -0.1) is 0 Å². The van der Waals surface area contributed by atoms with Gasteiger partial charge in [0.1, 0.15) is 11.8 Å². The predicted octanol–water partition coefficient (Wildman–Crippen LogP) is 5.07. The Hall–Kier alpha value is -3.89. The molecule has 2 aromatic carbocycles. The average Bonchev–Trinajstić information content (AvgIpc) is 3.25. The van der Waals surface area contributed by atoms with E-state index in [0.29, 0.717) is 23.9 Å². The minimum absolute atomic E-state index is 0.107. The Morgan fingerprint density at radius 1 is 1.19 bits per heavy atom. The summed E-state index contributed by atoms with van der Waals surface area (Å²) in [5.74, 6) is -3.85. The highest BCUT2D eigenvalue weighted by Crippen LogP contribution is 2.32. The van der Waals surface area contributed by atoms with Gasteiger partial charge in [0.2, 0.25) is 0 Å². The zero-order valence-electron chi connectivity index (χ0n) is 19.3. The number of nitrogens with one attached hydrogen (secondary N) is 1. The van der Waals surface area contributed by atoms with E-state index in [0.717, 1.165) is 5.56 Å². The Balaban J connectivity index is 1.69. The van der Waals surface area contributed by atoms with Crippen LogP contribution in [0.4, 0.5) is 29.1 Å². The van der Waals surface area contributed by atoms with Crippen LogP contribution in [0.5, 0.6) is 0 Å². The molecule has 1 fully saturated rings. The number of fused-ring (bicyclic) bond motifs is 1. The van der Waals surface area contributed by atoms with Gasteiger partial charge < -0.3 is 19.4 Å². The molecule has 0 aliphatic carbocycles. The highest BCUT2D eigenvalue weighted by atomic mass is 19.4. The number of nitrogens with zero attached hydrogens (tertiary/aromatic N) is 1. The van der Waals surface area contributed by atoms with Crippen LogP contribution >= 0.6 is 0 Å². The number of anilines is 2. The molecule has 1 aliphatic heterocycles. The Bertz CT molecular complexity index is 1390. The van der Waals surface area contributed by atoms with E-state index in [-0.39, 0.29) is 34.7 Å². The van der Waals surface area contributed by atoms with Crippen molar-refractivity contribution >= 4 is 34.5 Å². The molecule has 1 unspecified atom stereocenters. The van der Waals surface area contributed by atoms with Crippen LogP contribution in [0, 0.1) is 6.92 Å². The first kappa shape index (κ1) is 25.2. The number of ether oxygens (including phenoxy) is 1. The van der Waals surface area contributed by atoms with Gasteiger partial charge in [-0.1, -0.05) is 18.2 Å². The first-order valence-corrected chi connectivity index (χ1v) is 11.1. The van der Waals surface area contributed by atoms with Crippen LogP contribution in [-0.4, -0.2) is 37.4 Å². The van der Waals surface area contributed by atoms with Crippen LogP contribution in [0.3, 0.4) is 0 Å². The van der Waals surface area contributed by atoms with Gasteiger partial charge in [-0.05, 0) is 44.0 Å². The van der Waals surface area contributed by atoms with Crippen molar-refractivity contribution in [3.8, 4) is 0 Å². The number of benzene rings is 2. The van der Waals surface area contributed by atoms with Crippen molar-refractivity contribution in [3.63, 3.8) is 0 Å². The van der Waals surface area contributed by atoms with Crippen molar-refractivity contribution < 1.29 is 36.3 Å². The van der Waals surface area contributed by atoms with Gasteiger partial charge in [0, 0.05) is 23.9 Å². The largest absolute Gasteiger partial charge is 0.491 e. The second-order valence-corrected chi connectivity index (χ2v) is 8.60. The summed E-state index contributed by atoms with van der Waals surface area (Å²) in [5, 5.41) is 3.33. The molecule has 1 N–H and O–H groups in total. The van der Waals surface area contributed by atoms with Crippen molar-refractivity contribution in [1.82, 2.24) is 0 Å². The minimum Gasteiger partial charge on any atom is -0.440 e. The Morgan fingerprint density at radius 2 is 1.92 bits per heavy atom. The summed E-state index contributed by atoms with van der Waals surface area (Å²) in [6.07, 6.45) is -6.02. The van der Waals surface area contributed by atoms with Crippen LogP contribution < -0.4 is 15.6 Å². The SMILES string of the molecule is Cc1cc(C(C)Nc2ccccc2C(=O)OC(=O)C(F)(F)F)c2oc(N3CC[C@H](F)C3)cc(=O)c2c1. The first-order chi connectivity index (χ1) is 16.9. The molecule has 4 rings (SSSR count). The van der Waals surface area contributed by atoms with E-state index in [4.69, 9.17) is 4.42 Å². The molecule has 0 amide bonds. The van der Waals surface area contributed by atoms with E-state index in [1.165, 1.54) is 24.3 Å². The van der Waals surface area contributed by atoms with E-state index in [1.807, 2.05) is 0 Å². The summed E-state index contributed by atoms with van der Waals surface area (Å²) in [6, 6.07) is 9.76. The lowest BCUT2D eigenvalue weighted by Gasteiger charge is -2.21. The van der Waals surface area contributed by atoms with E-state index in [2.05, 4.69) is 10.1 Å². The number of carbonyl (C=O) groups excluding carboxylic acids is 2. The standard InChI is InChI=1S/C25H22F4N2O5/c1-13-9-17(22-18(10-13)20(32)11-21(35-22)31-8-7-15(26)12-31)14(2)30-19-6-4-3-5-16(19)23(33)36-24(34)25(27,28)29/h3-6,9-11,14-15,30H,7-8,12H2,1-2H3/t14?,15-/m0/s1. The van der Waals surface area contributed by atoms with Gasteiger partial charge >= 0.3 is 18.1 Å². The molecule has 7 nitrogen and oxygen atoms in total. The minimum atomic E-state index is -5.32. The number of carbonyl (C=O) groups is 2. The molecular weight excluding hydrogens is 484 g/mol. The Morgan fingerprint density at radius 3 is 2.58 bits per heavy atom. The molecule has 190 valence electrons. The monoisotopic (exact) mass is 506 g/mol. The lowest BCUT2D eigenvalue weighted by Crippen LogP contribution is -2.28. The van der Waals surface area contributed by atoms with Crippen LogP contribution in [0.15, 0.2) is 51.7 Å². The van der Waals surface area contributed by atoms with E-state index >= 15 is 0 Å². The van der Waals surface area contributed by atoms with Crippen molar-refractivity contribution in [2.75, 3.05) is 23.3 Å². The third-order valence-electron chi connectivity index (χ3n) is 5.83. The second-order valence-electron chi connectivity index (χ2n) is 8.60. The first-order valence-electron chi connectivity index (χ1n) is 11.1. The summed E-state index contributed by atoms with van der Waals surface area (Å²) in [4.78, 5) is 37.9. The predicted molar refractivity (Wildman–Crippen MR) is 124 cm³/mol. The van der Waals surface area contributed by atoms with Crippen LogP contribution in [0.2, 0.25) is 0 Å². The fourth-order valence-electron chi connectivity index (χ4n) is 4.11. The maximum absolute atomic E-state index is 13.7. The fraction of sp³-hybridized carbons (Fsp3) is 0.320. The second kappa shape index (κ2) is 9.63. The number of hydrogen-bond donors (Lipinski definition) is 1. The zero-order valence-corrected chi connectivity index (χ0v) is 19.3. The van der Waals surface area contributed by atoms with Gasteiger partial charge in [0.05, 0.1) is 23.5 Å². The quantitative estimate of drug-likeness (QED) is 0.294. The summed E-state index contributed by atoms with van der Waals surface area (Å²) < 4.78 is 61.4. The van der Waals surface area contributed by atoms with Crippen molar-refractivity contribution in [2.24, 2.45) is 0 Å². The Kier molecular flexibility index (Phi) is 6.75. The van der Waals surface area contributed by atoms with Crippen molar-refractivity contribution in [2.45, 2.75) is 38.7 Å². The van der Waals surface area contributed by atoms with Crippen molar-refractivity contribution in [1.29, 1.82) is 0 Å². The van der Waals surface area contributed by atoms with Gasteiger partial charge in [0.15, 0.2) is 11.3 Å². The average molecular weight is 506 g/mol. The maximum atomic E-state index is 13.7. The molecule has 1 aliphatic rings. The normalized spacial score (nSPS) is 16.7. The molecule has 2 atom stereocenters. The van der Waals surface area contributed by atoms with Crippen molar-refractivity contribution in [3.05, 3.63) is 69.4 Å². The summed E-state index contributed by atoms with van der Waals surface area (Å²) >= 11 is 0. The maximum Gasteiger partial charge on any atom is 0.491 e.